The minimum atomic E-state index is -1.13. The fourth-order valence-electron chi connectivity index (χ4n) is 2.11. The number of oxazole rings is 1. The second-order valence-corrected chi connectivity index (χ2v) is 4.32. The third-order valence-corrected chi connectivity index (χ3v) is 3.13. The van der Waals surface area contributed by atoms with Crippen LogP contribution in [0.3, 0.4) is 0 Å². The summed E-state index contributed by atoms with van der Waals surface area (Å²) in [4.78, 5) is 27.8. The largest absolute Gasteiger partial charge is 0.476 e. The fourth-order valence-corrected chi connectivity index (χ4v) is 2.11. The lowest BCUT2D eigenvalue weighted by Gasteiger charge is -2.09. The summed E-state index contributed by atoms with van der Waals surface area (Å²) in [5.74, 6) is -0.862. The molecule has 0 unspecified atom stereocenters. The van der Waals surface area contributed by atoms with Crippen molar-refractivity contribution >= 4 is 17.6 Å². The van der Waals surface area contributed by atoms with Gasteiger partial charge in [0.15, 0.2) is 5.69 Å². The smallest absolute Gasteiger partial charge is 0.357 e. The molecule has 0 spiro atoms. The van der Waals surface area contributed by atoms with Gasteiger partial charge in [-0.2, -0.15) is 0 Å². The summed E-state index contributed by atoms with van der Waals surface area (Å²) < 4.78 is 5.13. The molecule has 6 nitrogen and oxygen atoms in total. The number of rotatable bonds is 2. The number of amides is 1. The molecule has 1 aromatic carbocycles. The molecule has 6 heteroatoms. The Kier molecular flexibility index (Phi) is 2.38. The summed E-state index contributed by atoms with van der Waals surface area (Å²) in [5, 5.41) is 8.80. The Bertz CT molecular complexity index is 690. The molecule has 1 aliphatic heterocycles. The van der Waals surface area contributed by atoms with Crippen LogP contribution in [0.1, 0.15) is 16.1 Å². The Morgan fingerprint density at radius 3 is 2.95 bits per heavy atom. The summed E-state index contributed by atoms with van der Waals surface area (Å²) >= 11 is 0. The molecule has 0 fully saturated rings. The zero-order chi connectivity index (χ0) is 13.6. The van der Waals surface area contributed by atoms with Gasteiger partial charge in [-0.3, -0.25) is 4.79 Å². The van der Waals surface area contributed by atoms with Gasteiger partial charge in [0, 0.05) is 18.3 Å². The molecule has 0 atom stereocenters. The number of hydrogen-bond acceptors (Lipinski definition) is 4. The van der Waals surface area contributed by atoms with E-state index in [4.69, 9.17) is 9.52 Å². The van der Waals surface area contributed by atoms with Crippen LogP contribution < -0.4 is 4.90 Å². The van der Waals surface area contributed by atoms with Gasteiger partial charge in [-0.05, 0) is 23.8 Å². The third-order valence-electron chi connectivity index (χ3n) is 3.13. The van der Waals surface area contributed by atoms with Gasteiger partial charge in [0.05, 0.1) is 6.42 Å². The number of likely N-dealkylation sites (N-methyl/N-ethyl adjacent to an activating group) is 1. The number of carboxylic acids is 1. The lowest BCUT2D eigenvalue weighted by Crippen LogP contribution is -2.20. The van der Waals surface area contributed by atoms with E-state index in [-0.39, 0.29) is 17.5 Å². The standard InChI is InChI=1S/C13H10N2O4/c1-15-10-3-2-7(4-8(10)5-11(15)16)12-14-9(6-19-12)13(17)18/h2-4,6H,5H2,1H3,(H,17,18). The van der Waals surface area contributed by atoms with Gasteiger partial charge in [0.1, 0.15) is 6.26 Å². The van der Waals surface area contributed by atoms with Gasteiger partial charge in [0.2, 0.25) is 11.8 Å². The number of benzene rings is 1. The van der Waals surface area contributed by atoms with Gasteiger partial charge < -0.3 is 14.4 Å². The van der Waals surface area contributed by atoms with Crippen LogP contribution in [0.15, 0.2) is 28.9 Å². The third kappa shape index (κ3) is 1.77. The number of aromatic nitrogens is 1. The van der Waals surface area contributed by atoms with E-state index in [0.29, 0.717) is 12.0 Å². The van der Waals surface area contributed by atoms with Crippen molar-refractivity contribution in [2.24, 2.45) is 0 Å². The van der Waals surface area contributed by atoms with Crippen molar-refractivity contribution in [3.63, 3.8) is 0 Å². The molecule has 1 aromatic heterocycles. The summed E-state index contributed by atoms with van der Waals surface area (Å²) in [7, 11) is 1.72. The molecule has 3 rings (SSSR count). The second kappa shape index (κ2) is 3.94. The average Bonchev–Trinajstić information content (AvgIpc) is 2.96. The highest BCUT2D eigenvalue weighted by atomic mass is 16.4. The molecule has 1 amide bonds. The first kappa shape index (κ1) is 11.5. The number of hydrogen-bond donors (Lipinski definition) is 1. The predicted octanol–water partition coefficient (Wildman–Crippen LogP) is 1.56. The van der Waals surface area contributed by atoms with Crippen molar-refractivity contribution < 1.29 is 19.1 Å². The van der Waals surface area contributed by atoms with E-state index in [9.17, 15) is 9.59 Å². The van der Waals surface area contributed by atoms with Crippen molar-refractivity contribution in [2.45, 2.75) is 6.42 Å². The molecule has 0 bridgehead atoms. The molecule has 0 aliphatic carbocycles. The molecule has 0 saturated heterocycles. The van der Waals surface area contributed by atoms with E-state index < -0.39 is 5.97 Å². The normalized spacial score (nSPS) is 13.7. The van der Waals surface area contributed by atoms with E-state index in [0.717, 1.165) is 17.5 Å². The average molecular weight is 258 g/mol. The lowest BCUT2D eigenvalue weighted by molar-refractivity contribution is -0.117. The highest BCUT2D eigenvalue weighted by molar-refractivity contribution is 6.01. The van der Waals surface area contributed by atoms with E-state index in [1.807, 2.05) is 0 Å². The Morgan fingerprint density at radius 1 is 1.47 bits per heavy atom. The van der Waals surface area contributed by atoms with Gasteiger partial charge in [-0.25, -0.2) is 9.78 Å². The van der Waals surface area contributed by atoms with Gasteiger partial charge in [0.25, 0.3) is 0 Å². The molecular formula is C13H10N2O4. The number of anilines is 1. The van der Waals surface area contributed by atoms with Crippen LogP contribution in [-0.2, 0) is 11.2 Å². The molecule has 0 radical (unpaired) electrons. The maximum absolute atomic E-state index is 11.6. The van der Waals surface area contributed by atoms with Crippen molar-refractivity contribution in [1.29, 1.82) is 0 Å². The summed E-state index contributed by atoms with van der Waals surface area (Å²) in [6.07, 6.45) is 1.44. The topological polar surface area (TPSA) is 83.6 Å². The zero-order valence-electron chi connectivity index (χ0n) is 10.1. The second-order valence-electron chi connectivity index (χ2n) is 4.32. The number of aromatic carboxylic acids is 1. The van der Waals surface area contributed by atoms with Gasteiger partial charge in [-0.1, -0.05) is 0 Å². The fraction of sp³-hybridized carbons (Fsp3) is 0.154. The van der Waals surface area contributed by atoms with Crippen molar-refractivity contribution in [3.05, 3.63) is 35.7 Å². The minimum Gasteiger partial charge on any atom is -0.476 e. The van der Waals surface area contributed by atoms with Crippen LogP contribution in [0.5, 0.6) is 0 Å². The predicted molar refractivity (Wildman–Crippen MR) is 66.0 cm³/mol. The van der Waals surface area contributed by atoms with Crippen LogP contribution in [0.2, 0.25) is 0 Å². The number of carbonyl (C=O) groups excluding carboxylic acids is 1. The van der Waals surface area contributed by atoms with Crippen molar-refractivity contribution in [2.75, 3.05) is 11.9 Å². The number of carboxylic acid groups (broad SMARTS) is 1. The molecule has 1 aliphatic rings. The molecule has 1 N–H and O–H groups in total. The first-order valence-corrected chi connectivity index (χ1v) is 5.65. The summed E-state index contributed by atoms with van der Waals surface area (Å²) in [5.41, 5.74) is 2.27. The van der Waals surface area contributed by atoms with Crippen LogP contribution in [-0.4, -0.2) is 29.0 Å². The van der Waals surface area contributed by atoms with E-state index in [1.165, 1.54) is 0 Å². The Balaban J connectivity index is 2.01. The first-order valence-electron chi connectivity index (χ1n) is 5.65. The maximum Gasteiger partial charge on any atom is 0.357 e. The highest BCUT2D eigenvalue weighted by Gasteiger charge is 2.24. The minimum absolute atomic E-state index is 0.0331. The molecule has 96 valence electrons. The van der Waals surface area contributed by atoms with Crippen molar-refractivity contribution in [1.82, 2.24) is 4.98 Å². The number of fused-ring (bicyclic) bond motifs is 1. The van der Waals surface area contributed by atoms with Crippen LogP contribution >= 0.6 is 0 Å². The van der Waals surface area contributed by atoms with E-state index in [1.54, 1.807) is 30.1 Å². The highest BCUT2D eigenvalue weighted by Crippen LogP contribution is 2.31. The van der Waals surface area contributed by atoms with Gasteiger partial charge >= 0.3 is 5.97 Å². The van der Waals surface area contributed by atoms with E-state index in [2.05, 4.69) is 4.98 Å². The van der Waals surface area contributed by atoms with Gasteiger partial charge in [-0.15, -0.1) is 0 Å². The Morgan fingerprint density at radius 2 is 2.26 bits per heavy atom. The quantitative estimate of drug-likeness (QED) is 0.883. The SMILES string of the molecule is CN1C(=O)Cc2cc(-c3nc(C(=O)O)co3)ccc21. The maximum atomic E-state index is 11.6. The zero-order valence-corrected chi connectivity index (χ0v) is 10.1. The Labute approximate surface area is 108 Å². The number of carbonyl (C=O) groups is 2. The molecule has 2 aromatic rings. The molecule has 0 saturated carbocycles. The van der Waals surface area contributed by atoms with Crippen LogP contribution in [0.4, 0.5) is 5.69 Å². The first-order chi connectivity index (χ1) is 9.06. The summed E-state index contributed by atoms with van der Waals surface area (Å²) in [6, 6.07) is 5.36. The van der Waals surface area contributed by atoms with Crippen LogP contribution in [0, 0.1) is 0 Å². The summed E-state index contributed by atoms with van der Waals surface area (Å²) in [6.45, 7) is 0. The monoisotopic (exact) mass is 258 g/mol. The number of nitrogens with zero attached hydrogens (tertiary/aromatic N) is 2. The Hall–Kier alpha value is -2.63. The van der Waals surface area contributed by atoms with Crippen LogP contribution in [0.25, 0.3) is 11.5 Å². The van der Waals surface area contributed by atoms with E-state index >= 15 is 0 Å². The molecule has 2 heterocycles. The molecule has 19 heavy (non-hydrogen) atoms. The van der Waals surface area contributed by atoms with Crippen molar-refractivity contribution in [3.8, 4) is 11.5 Å². The molecular weight excluding hydrogens is 248 g/mol. The lowest BCUT2D eigenvalue weighted by atomic mass is 10.1.